The van der Waals surface area contributed by atoms with Crippen LogP contribution < -0.4 is 15.5 Å². The van der Waals surface area contributed by atoms with Gasteiger partial charge in [0.1, 0.15) is 0 Å². The maximum atomic E-state index is 12.3. The van der Waals surface area contributed by atoms with Gasteiger partial charge in [-0.2, -0.15) is 0 Å². The first-order valence-electron chi connectivity index (χ1n) is 10.6. The molecule has 0 bridgehead atoms. The molecule has 1 unspecified atom stereocenters. The van der Waals surface area contributed by atoms with Gasteiger partial charge in [-0.1, -0.05) is 26.0 Å². The maximum absolute atomic E-state index is 12.3. The molecule has 1 fully saturated rings. The zero-order chi connectivity index (χ0) is 20.4. The second-order valence-corrected chi connectivity index (χ2v) is 7.81. The fourth-order valence-corrected chi connectivity index (χ4v) is 4.51. The lowest BCUT2D eigenvalue weighted by Gasteiger charge is -2.26. The zero-order valence-electron chi connectivity index (χ0n) is 17.5. The van der Waals surface area contributed by atoms with Crippen molar-refractivity contribution < 1.29 is 4.79 Å². The van der Waals surface area contributed by atoms with Gasteiger partial charge in [-0.15, -0.1) is 0 Å². The van der Waals surface area contributed by atoms with Gasteiger partial charge in [0.15, 0.2) is 0 Å². The molecule has 29 heavy (non-hydrogen) atoms. The second kappa shape index (κ2) is 8.29. The van der Waals surface area contributed by atoms with Crippen LogP contribution in [0.2, 0.25) is 0 Å². The molecule has 1 atom stereocenters. The Morgan fingerprint density at radius 1 is 1.17 bits per heavy atom. The molecule has 152 valence electrons. The van der Waals surface area contributed by atoms with E-state index in [9.17, 15) is 4.79 Å². The number of carbonyl (C=O) groups excluding carboxylic acids is 1. The number of hydrogen-bond acceptors (Lipinski definition) is 4. The third kappa shape index (κ3) is 3.87. The third-order valence-electron chi connectivity index (χ3n) is 6.14. The molecule has 4 rings (SSSR count). The van der Waals surface area contributed by atoms with Gasteiger partial charge in [0, 0.05) is 48.0 Å². The molecule has 2 aliphatic heterocycles. The summed E-state index contributed by atoms with van der Waals surface area (Å²) in [5, 5.41) is 6.23. The molecular weight excluding hydrogens is 360 g/mol. The van der Waals surface area contributed by atoms with E-state index in [1.54, 1.807) is 0 Å². The number of amides is 1. The van der Waals surface area contributed by atoms with Gasteiger partial charge in [-0.25, -0.2) is 0 Å². The topological polar surface area (TPSA) is 47.6 Å². The number of aryl methyl sites for hydroxylation is 1. The lowest BCUT2D eigenvalue weighted by Crippen LogP contribution is -2.37. The second-order valence-electron chi connectivity index (χ2n) is 7.81. The van der Waals surface area contributed by atoms with Crippen molar-refractivity contribution >= 4 is 28.5 Å². The fraction of sp³-hybridized carbons (Fsp3) is 0.375. The van der Waals surface area contributed by atoms with E-state index < -0.39 is 0 Å². The van der Waals surface area contributed by atoms with Crippen molar-refractivity contribution in [1.29, 1.82) is 0 Å². The van der Waals surface area contributed by atoms with Crippen molar-refractivity contribution in [3.05, 3.63) is 59.8 Å². The standard InChI is InChI=1S/C24H30N4O/c1-4-27(5-2)20-13-14-28(16-20)19-11-9-18(10-12-19)25-15-21-23-17(3)7-6-8-22(23)26-24(21)29/h6-12,15,20,25H,4-5,13-14,16H2,1-3H3,(H,26,29)/b21-15-. The minimum atomic E-state index is -0.0575. The molecule has 0 spiro atoms. The molecule has 2 aliphatic rings. The van der Waals surface area contributed by atoms with Crippen LogP contribution in [0.3, 0.4) is 0 Å². The quantitative estimate of drug-likeness (QED) is 0.721. The molecule has 2 heterocycles. The number of benzene rings is 2. The number of fused-ring (bicyclic) bond motifs is 1. The smallest absolute Gasteiger partial charge is 0.257 e. The van der Waals surface area contributed by atoms with E-state index in [1.807, 2.05) is 31.3 Å². The van der Waals surface area contributed by atoms with Crippen molar-refractivity contribution in [2.75, 3.05) is 41.7 Å². The Kier molecular flexibility index (Phi) is 5.58. The minimum absolute atomic E-state index is 0.0575. The van der Waals surface area contributed by atoms with E-state index in [0.717, 1.165) is 48.7 Å². The van der Waals surface area contributed by atoms with Crippen LogP contribution in [-0.4, -0.2) is 43.0 Å². The van der Waals surface area contributed by atoms with Gasteiger partial charge in [0.2, 0.25) is 0 Å². The highest BCUT2D eigenvalue weighted by Crippen LogP contribution is 2.34. The summed E-state index contributed by atoms with van der Waals surface area (Å²) in [6, 6.07) is 15.1. The lowest BCUT2D eigenvalue weighted by molar-refractivity contribution is -0.110. The van der Waals surface area contributed by atoms with E-state index in [4.69, 9.17) is 0 Å². The van der Waals surface area contributed by atoms with Crippen molar-refractivity contribution in [3.8, 4) is 0 Å². The first kappa shape index (κ1) is 19.5. The number of nitrogens with one attached hydrogen (secondary N) is 2. The normalized spacial score (nSPS) is 19.7. The van der Waals surface area contributed by atoms with Gasteiger partial charge in [-0.3, -0.25) is 9.69 Å². The average molecular weight is 391 g/mol. The molecule has 0 aliphatic carbocycles. The predicted octanol–water partition coefficient (Wildman–Crippen LogP) is 4.32. The molecule has 1 amide bonds. The molecule has 0 aromatic heterocycles. The van der Waals surface area contributed by atoms with Crippen molar-refractivity contribution in [3.63, 3.8) is 0 Å². The minimum Gasteiger partial charge on any atom is -0.370 e. The van der Waals surface area contributed by atoms with Gasteiger partial charge < -0.3 is 15.5 Å². The summed E-state index contributed by atoms with van der Waals surface area (Å²) in [4.78, 5) is 17.4. The van der Waals surface area contributed by atoms with Crippen LogP contribution in [0.4, 0.5) is 17.1 Å². The molecule has 0 saturated carbocycles. The number of likely N-dealkylation sites (N-methyl/N-ethyl adjacent to an activating group) is 1. The van der Waals surface area contributed by atoms with Gasteiger partial charge in [0.25, 0.3) is 5.91 Å². The van der Waals surface area contributed by atoms with Crippen LogP contribution in [0.5, 0.6) is 0 Å². The SMILES string of the molecule is CCN(CC)C1CCN(c2ccc(N/C=C3\C(=O)Nc4cccc(C)c43)cc2)C1. The monoisotopic (exact) mass is 390 g/mol. The summed E-state index contributed by atoms with van der Waals surface area (Å²) < 4.78 is 0. The maximum Gasteiger partial charge on any atom is 0.257 e. The summed E-state index contributed by atoms with van der Waals surface area (Å²) in [6.45, 7) is 10.9. The van der Waals surface area contributed by atoms with Crippen LogP contribution in [0.25, 0.3) is 5.57 Å². The molecule has 5 nitrogen and oxygen atoms in total. The molecule has 2 N–H and O–H groups in total. The summed E-state index contributed by atoms with van der Waals surface area (Å²) >= 11 is 0. The van der Waals surface area contributed by atoms with Gasteiger partial charge in [-0.05, 0) is 62.3 Å². The van der Waals surface area contributed by atoms with Crippen molar-refractivity contribution in [2.45, 2.75) is 33.2 Å². The Hall–Kier alpha value is -2.79. The lowest BCUT2D eigenvalue weighted by atomic mass is 10.0. The fourth-order valence-electron chi connectivity index (χ4n) is 4.51. The van der Waals surface area contributed by atoms with Crippen LogP contribution >= 0.6 is 0 Å². The van der Waals surface area contributed by atoms with Crippen LogP contribution in [0, 0.1) is 6.92 Å². The summed E-state index contributed by atoms with van der Waals surface area (Å²) in [7, 11) is 0. The summed E-state index contributed by atoms with van der Waals surface area (Å²) in [6.07, 6.45) is 3.04. The highest BCUT2D eigenvalue weighted by Gasteiger charge is 2.27. The number of carbonyl (C=O) groups is 1. The molecule has 1 saturated heterocycles. The van der Waals surface area contributed by atoms with E-state index in [-0.39, 0.29) is 5.91 Å². The first-order chi connectivity index (χ1) is 14.1. The molecule has 5 heteroatoms. The Morgan fingerprint density at radius 3 is 2.66 bits per heavy atom. The summed E-state index contributed by atoms with van der Waals surface area (Å²) in [5.41, 5.74) is 5.90. The van der Waals surface area contributed by atoms with Gasteiger partial charge >= 0.3 is 0 Å². The highest BCUT2D eigenvalue weighted by molar-refractivity contribution is 6.32. The Bertz CT molecular complexity index is 915. The Morgan fingerprint density at radius 2 is 1.93 bits per heavy atom. The van der Waals surface area contributed by atoms with E-state index in [1.165, 1.54) is 12.1 Å². The van der Waals surface area contributed by atoms with Crippen LogP contribution in [-0.2, 0) is 4.79 Å². The Balaban J connectivity index is 1.44. The molecule has 0 radical (unpaired) electrons. The molecular formula is C24H30N4O. The van der Waals surface area contributed by atoms with E-state index in [2.05, 4.69) is 58.5 Å². The van der Waals surface area contributed by atoms with Crippen LogP contribution in [0.15, 0.2) is 48.7 Å². The predicted molar refractivity (Wildman–Crippen MR) is 121 cm³/mol. The van der Waals surface area contributed by atoms with Gasteiger partial charge in [0.05, 0.1) is 5.57 Å². The Labute approximate surface area is 173 Å². The highest BCUT2D eigenvalue weighted by atomic mass is 16.2. The molecule has 2 aromatic carbocycles. The number of hydrogen-bond donors (Lipinski definition) is 2. The van der Waals surface area contributed by atoms with E-state index in [0.29, 0.717) is 11.6 Å². The van der Waals surface area contributed by atoms with Crippen molar-refractivity contribution in [1.82, 2.24) is 4.90 Å². The summed E-state index contributed by atoms with van der Waals surface area (Å²) in [5.74, 6) is -0.0575. The largest absolute Gasteiger partial charge is 0.370 e. The van der Waals surface area contributed by atoms with Crippen LogP contribution in [0.1, 0.15) is 31.4 Å². The third-order valence-corrected chi connectivity index (χ3v) is 6.14. The number of nitrogens with zero attached hydrogens (tertiary/aromatic N) is 2. The van der Waals surface area contributed by atoms with E-state index >= 15 is 0 Å². The number of anilines is 3. The van der Waals surface area contributed by atoms with Crippen molar-refractivity contribution in [2.24, 2.45) is 0 Å². The zero-order valence-corrected chi connectivity index (χ0v) is 17.5. The molecule has 2 aromatic rings. The number of rotatable bonds is 6. The first-order valence-corrected chi connectivity index (χ1v) is 10.6. The average Bonchev–Trinajstić information content (AvgIpc) is 3.33.